The SMILES string of the molecule is Cc1nc(C)n(C(c2ccncc2)C(C)N)n1. The Balaban J connectivity index is 2.47. The zero-order valence-electron chi connectivity index (χ0n) is 10.3. The van der Waals surface area contributed by atoms with Crippen LogP contribution < -0.4 is 5.73 Å². The van der Waals surface area contributed by atoms with E-state index in [1.54, 1.807) is 12.4 Å². The van der Waals surface area contributed by atoms with Gasteiger partial charge in [0.05, 0.1) is 6.04 Å². The standard InChI is InChI=1S/C12H17N5/c1-8(13)12(11-4-6-14-7-5-11)17-10(3)15-9(2)16-17/h4-8,12H,13H2,1-3H3. The molecule has 5 nitrogen and oxygen atoms in total. The minimum absolute atomic E-state index is 0.000741. The van der Waals surface area contributed by atoms with Gasteiger partial charge in [0.2, 0.25) is 0 Å². The lowest BCUT2D eigenvalue weighted by molar-refractivity contribution is 0.442. The molecule has 2 unspecified atom stereocenters. The Hall–Kier alpha value is -1.75. The van der Waals surface area contributed by atoms with Crippen molar-refractivity contribution in [1.29, 1.82) is 0 Å². The normalized spacial score (nSPS) is 14.6. The Morgan fingerprint density at radius 1 is 1.24 bits per heavy atom. The van der Waals surface area contributed by atoms with Crippen molar-refractivity contribution >= 4 is 0 Å². The molecule has 0 aliphatic heterocycles. The molecule has 0 bridgehead atoms. The topological polar surface area (TPSA) is 69.6 Å². The molecule has 0 aliphatic rings. The molecule has 0 spiro atoms. The van der Waals surface area contributed by atoms with Crippen molar-refractivity contribution in [3.8, 4) is 0 Å². The van der Waals surface area contributed by atoms with Gasteiger partial charge in [-0.05, 0) is 38.5 Å². The lowest BCUT2D eigenvalue weighted by Gasteiger charge is -2.22. The highest BCUT2D eigenvalue weighted by atomic mass is 15.4. The van der Waals surface area contributed by atoms with Crippen molar-refractivity contribution in [3.05, 3.63) is 41.7 Å². The number of hydrogen-bond donors (Lipinski definition) is 1. The van der Waals surface area contributed by atoms with E-state index < -0.39 is 0 Å². The molecule has 0 aromatic carbocycles. The molecule has 0 saturated carbocycles. The van der Waals surface area contributed by atoms with Crippen molar-refractivity contribution < 1.29 is 0 Å². The van der Waals surface area contributed by atoms with Crippen LogP contribution in [0.4, 0.5) is 0 Å². The summed E-state index contributed by atoms with van der Waals surface area (Å²) in [6, 6.07) is 3.88. The molecular weight excluding hydrogens is 214 g/mol. The van der Waals surface area contributed by atoms with Gasteiger partial charge in [-0.2, -0.15) is 5.10 Å². The molecule has 0 fully saturated rings. The van der Waals surface area contributed by atoms with Crippen LogP contribution in [0.1, 0.15) is 30.2 Å². The van der Waals surface area contributed by atoms with E-state index in [2.05, 4.69) is 15.1 Å². The van der Waals surface area contributed by atoms with Gasteiger partial charge in [-0.25, -0.2) is 9.67 Å². The summed E-state index contributed by atoms with van der Waals surface area (Å²) < 4.78 is 1.88. The summed E-state index contributed by atoms with van der Waals surface area (Å²) in [5.74, 6) is 1.64. The number of pyridine rings is 1. The molecule has 0 amide bonds. The molecule has 0 radical (unpaired) electrons. The number of nitrogens with zero attached hydrogens (tertiary/aromatic N) is 4. The Kier molecular flexibility index (Phi) is 3.19. The first kappa shape index (κ1) is 11.7. The minimum atomic E-state index is -0.0443. The first-order valence-corrected chi connectivity index (χ1v) is 5.65. The van der Waals surface area contributed by atoms with Crippen LogP contribution >= 0.6 is 0 Å². The van der Waals surface area contributed by atoms with E-state index in [1.165, 1.54) is 0 Å². The quantitative estimate of drug-likeness (QED) is 0.862. The van der Waals surface area contributed by atoms with E-state index in [0.717, 1.165) is 17.2 Å². The average molecular weight is 231 g/mol. The largest absolute Gasteiger partial charge is 0.326 e. The van der Waals surface area contributed by atoms with E-state index >= 15 is 0 Å². The highest BCUT2D eigenvalue weighted by Crippen LogP contribution is 2.21. The lowest BCUT2D eigenvalue weighted by atomic mass is 10.0. The third-order valence-electron chi connectivity index (χ3n) is 2.72. The summed E-state index contributed by atoms with van der Waals surface area (Å²) >= 11 is 0. The first-order valence-electron chi connectivity index (χ1n) is 5.65. The van der Waals surface area contributed by atoms with Crippen molar-refractivity contribution in [2.75, 3.05) is 0 Å². The second kappa shape index (κ2) is 4.63. The summed E-state index contributed by atoms with van der Waals surface area (Å²) in [4.78, 5) is 8.34. The summed E-state index contributed by atoms with van der Waals surface area (Å²) in [7, 11) is 0. The Labute approximate surface area is 101 Å². The van der Waals surface area contributed by atoms with Gasteiger partial charge in [-0.1, -0.05) is 0 Å². The number of hydrogen-bond acceptors (Lipinski definition) is 4. The highest BCUT2D eigenvalue weighted by Gasteiger charge is 2.21. The van der Waals surface area contributed by atoms with Crippen molar-refractivity contribution in [2.24, 2.45) is 5.73 Å². The minimum Gasteiger partial charge on any atom is -0.326 e. The van der Waals surface area contributed by atoms with Crippen LogP contribution in [0, 0.1) is 13.8 Å². The lowest BCUT2D eigenvalue weighted by Crippen LogP contribution is -2.31. The van der Waals surface area contributed by atoms with Crippen molar-refractivity contribution in [3.63, 3.8) is 0 Å². The number of aromatic nitrogens is 4. The first-order chi connectivity index (χ1) is 8.09. The third kappa shape index (κ3) is 2.34. The van der Waals surface area contributed by atoms with Crippen LogP contribution in [0.3, 0.4) is 0 Å². The zero-order chi connectivity index (χ0) is 12.4. The number of rotatable bonds is 3. The van der Waals surface area contributed by atoms with E-state index in [9.17, 15) is 0 Å². The molecule has 2 aromatic rings. The molecule has 0 saturated heterocycles. The fourth-order valence-electron chi connectivity index (χ4n) is 2.03. The molecule has 0 aliphatic carbocycles. The van der Waals surface area contributed by atoms with E-state index in [0.29, 0.717) is 0 Å². The highest BCUT2D eigenvalue weighted by molar-refractivity contribution is 5.18. The fourth-order valence-corrected chi connectivity index (χ4v) is 2.03. The maximum absolute atomic E-state index is 6.07. The Morgan fingerprint density at radius 3 is 2.35 bits per heavy atom. The fraction of sp³-hybridized carbons (Fsp3) is 0.417. The van der Waals surface area contributed by atoms with Crippen LogP contribution in [0.2, 0.25) is 0 Å². The van der Waals surface area contributed by atoms with E-state index in [-0.39, 0.29) is 12.1 Å². The van der Waals surface area contributed by atoms with Crippen molar-refractivity contribution in [1.82, 2.24) is 19.7 Å². The van der Waals surface area contributed by atoms with Crippen LogP contribution in [0.25, 0.3) is 0 Å². The number of aryl methyl sites for hydroxylation is 2. The van der Waals surface area contributed by atoms with Gasteiger partial charge in [0.25, 0.3) is 0 Å². The van der Waals surface area contributed by atoms with Crippen LogP contribution in [-0.4, -0.2) is 25.8 Å². The molecule has 2 rings (SSSR count). The molecule has 90 valence electrons. The van der Waals surface area contributed by atoms with Gasteiger partial charge in [0.15, 0.2) is 0 Å². The van der Waals surface area contributed by atoms with Crippen molar-refractivity contribution in [2.45, 2.75) is 32.9 Å². The van der Waals surface area contributed by atoms with Gasteiger partial charge in [-0.15, -0.1) is 0 Å². The molecule has 2 heterocycles. The van der Waals surface area contributed by atoms with Gasteiger partial charge in [0, 0.05) is 18.4 Å². The van der Waals surface area contributed by atoms with Gasteiger partial charge in [0.1, 0.15) is 11.6 Å². The maximum Gasteiger partial charge on any atom is 0.147 e. The predicted molar refractivity (Wildman–Crippen MR) is 65.5 cm³/mol. The van der Waals surface area contributed by atoms with Gasteiger partial charge in [-0.3, -0.25) is 4.98 Å². The maximum atomic E-state index is 6.07. The second-order valence-electron chi connectivity index (χ2n) is 4.24. The average Bonchev–Trinajstić information content (AvgIpc) is 2.59. The Bertz CT molecular complexity index is 489. The van der Waals surface area contributed by atoms with E-state index in [4.69, 9.17) is 5.73 Å². The predicted octanol–water partition coefficient (Wildman–Crippen LogP) is 1.23. The van der Waals surface area contributed by atoms with E-state index in [1.807, 2.05) is 37.6 Å². The Morgan fingerprint density at radius 2 is 1.88 bits per heavy atom. The smallest absolute Gasteiger partial charge is 0.147 e. The number of nitrogens with two attached hydrogens (primary N) is 1. The van der Waals surface area contributed by atoms with Crippen LogP contribution in [0.5, 0.6) is 0 Å². The van der Waals surface area contributed by atoms with Crippen LogP contribution in [0.15, 0.2) is 24.5 Å². The summed E-state index contributed by atoms with van der Waals surface area (Å²) in [5, 5.41) is 4.41. The molecule has 17 heavy (non-hydrogen) atoms. The summed E-state index contributed by atoms with van der Waals surface area (Å²) in [6.07, 6.45) is 3.54. The summed E-state index contributed by atoms with van der Waals surface area (Å²) in [6.45, 7) is 5.80. The van der Waals surface area contributed by atoms with Crippen LogP contribution in [-0.2, 0) is 0 Å². The molecule has 2 N–H and O–H groups in total. The second-order valence-corrected chi connectivity index (χ2v) is 4.24. The molecule has 5 heteroatoms. The summed E-state index contributed by atoms with van der Waals surface area (Å²) in [5.41, 5.74) is 7.17. The third-order valence-corrected chi connectivity index (χ3v) is 2.72. The van der Waals surface area contributed by atoms with Gasteiger partial charge < -0.3 is 5.73 Å². The molecule has 2 aromatic heterocycles. The zero-order valence-corrected chi connectivity index (χ0v) is 10.3. The monoisotopic (exact) mass is 231 g/mol. The molecule has 2 atom stereocenters. The molecular formula is C12H17N5. The van der Waals surface area contributed by atoms with Gasteiger partial charge >= 0.3 is 0 Å².